The minimum Gasteiger partial charge on any atom is -0.460 e. The summed E-state index contributed by atoms with van der Waals surface area (Å²) in [5.74, 6) is -0.511. The van der Waals surface area contributed by atoms with E-state index in [0.29, 0.717) is 12.3 Å². The lowest BCUT2D eigenvalue weighted by Gasteiger charge is -2.33. The van der Waals surface area contributed by atoms with E-state index >= 15 is 0 Å². The second-order valence-electron chi connectivity index (χ2n) is 9.21. The molecule has 0 unspecified atom stereocenters. The summed E-state index contributed by atoms with van der Waals surface area (Å²) in [6.07, 6.45) is 5.59. The molecule has 0 heterocycles. The summed E-state index contributed by atoms with van der Waals surface area (Å²) in [7, 11) is 1.58. The molecule has 1 N–H and O–H groups in total. The number of esters is 1. The lowest BCUT2D eigenvalue weighted by Crippen LogP contribution is -2.50. The van der Waals surface area contributed by atoms with Crippen LogP contribution in [0.3, 0.4) is 0 Å². The van der Waals surface area contributed by atoms with Gasteiger partial charge in [0.2, 0.25) is 5.91 Å². The van der Waals surface area contributed by atoms with E-state index in [9.17, 15) is 14.4 Å². The van der Waals surface area contributed by atoms with Crippen LogP contribution in [0, 0.1) is 5.92 Å². The average Bonchev–Trinajstić information content (AvgIpc) is 2.74. The van der Waals surface area contributed by atoms with E-state index in [2.05, 4.69) is 5.32 Å². The molecule has 172 valence electrons. The Hall–Kier alpha value is -2.57. The molecule has 1 aromatic carbocycles. The Morgan fingerprint density at radius 2 is 1.74 bits per heavy atom. The molecule has 1 aliphatic carbocycles. The van der Waals surface area contributed by atoms with Gasteiger partial charge < -0.3 is 14.8 Å². The number of ether oxygens (including phenoxy) is 2. The molecule has 2 amide bonds. The molecular formula is C24H36N2O5. The number of rotatable bonds is 8. The number of nitrogens with zero attached hydrogens (tertiary/aromatic N) is 1. The summed E-state index contributed by atoms with van der Waals surface area (Å²) < 4.78 is 10.7. The SMILES string of the molecule is CN(C(=O)OC(C)(C)C)[C@@H](CC1CCCCC1)C(=O)NCC(=O)OCc1ccccc1. The maximum Gasteiger partial charge on any atom is 0.410 e. The van der Waals surface area contributed by atoms with Crippen molar-refractivity contribution in [3.05, 3.63) is 35.9 Å². The molecule has 1 atom stereocenters. The molecule has 7 heteroatoms. The van der Waals surface area contributed by atoms with Gasteiger partial charge in [0, 0.05) is 7.05 Å². The fourth-order valence-corrected chi connectivity index (χ4v) is 3.71. The smallest absolute Gasteiger partial charge is 0.410 e. The van der Waals surface area contributed by atoms with Crippen LogP contribution in [0.1, 0.15) is 64.9 Å². The number of carbonyl (C=O) groups excluding carboxylic acids is 3. The van der Waals surface area contributed by atoms with E-state index in [1.165, 1.54) is 11.3 Å². The second kappa shape index (κ2) is 11.7. The van der Waals surface area contributed by atoms with Crippen LogP contribution in [0.2, 0.25) is 0 Å². The minimum absolute atomic E-state index is 0.152. The summed E-state index contributed by atoms with van der Waals surface area (Å²) in [5.41, 5.74) is 0.223. The molecule has 0 saturated heterocycles. The predicted octanol–water partition coefficient (Wildman–Crippen LogP) is 4.05. The zero-order valence-electron chi connectivity index (χ0n) is 19.2. The number of carbonyl (C=O) groups is 3. The van der Waals surface area contributed by atoms with Gasteiger partial charge in [-0.1, -0.05) is 62.4 Å². The Bertz CT molecular complexity index is 723. The normalized spacial score (nSPS) is 15.6. The third-order valence-electron chi connectivity index (χ3n) is 5.38. The van der Waals surface area contributed by atoms with Crippen LogP contribution in [0.25, 0.3) is 0 Å². The maximum absolute atomic E-state index is 12.9. The first-order chi connectivity index (χ1) is 14.7. The minimum atomic E-state index is -0.695. The van der Waals surface area contributed by atoms with Gasteiger partial charge in [-0.15, -0.1) is 0 Å². The zero-order valence-corrected chi connectivity index (χ0v) is 19.2. The van der Waals surface area contributed by atoms with Gasteiger partial charge in [0.15, 0.2) is 0 Å². The first-order valence-corrected chi connectivity index (χ1v) is 11.1. The van der Waals surface area contributed by atoms with Crippen LogP contribution >= 0.6 is 0 Å². The molecule has 0 aliphatic heterocycles. The van der Waals surface area contributed by atoms with Crippen LogP contribution < -0.4 is 5.32 Å². The summed E-state index contributed by atoms with van der Waals surface area (Å²) >= 11 is 0. The predicted molar refractivity (Wildman–Crippen MR) is 118 cm³/mol. The number of benzene rings is 1. The highest BCUT2D eigenvalue weighted by molar-refractivity contribution is 5.88. The van der Waals surface area contributed by atoms with Gasteiger partial charge in [0.05, 0.1) is 0 Å². The third kappa shape index (κ3) is 8.99. The van der Waals surface area contributed by atoms with Gasteiger partial charge in [-0.3, -0.25) is 14.5 Å². The Morgan fingerprint density at radius 1 is 1.10 bits per heavy atom. The Balaban J connectivity index is 1.94. The third-order valence-corrected chi connectivity index (χ3v) is 5.38. The first-order valence-electron chi connectivity index (χ1n) is 11.1. The van der Waals surface area contributed by atoms with Crippen molar-refractivity contribution in [2.75, 3.05) is 13.6 Å². The fourth-order valence-electron chi connectivity index (χ4n) is 3.71. The van der Waals surface area contributed by atoms with Crippen molar-refractivity contribution in [1.82, 2.24) is 10.2 Å². The van der Waals surface area contributed by atoms with Gasteiger partial charge in [0.25, 0.3) is 0 Å². The molecule has 2 rings (SSSR count). The van der Waals surface area contributed by atoms with Gasteiger partial charge in [-0.25, -0.2) is 4.79 Å². The molecule has 7 nitrogen and oxygen atoms in total. The molecule has 1 aliphatic rings. The molecule has 1 saturated carbocycles. The number of likely N-dealkylation sites (N-methyl/N-ethyl adjacent to an activating group) is 1. The molecule has 0 radical (unpaired) electrons. The fraction of sp³-hybridized carbons (Fsp3) is 0.625. The maximum atomic E-state index is 12.9. The first kappa shape index (κ1) is 24.7. The number of nitrogens with one attached hydrogen (secondary N) is 1. The van der Waals surface area contributed by atoms with Crippen molar-refractivity contribution in [3.8, 4) is 0 Å². The van der Waals surface area contributed by atoms with Crippen molar-refractivity contribution in [2.45, 2.75) is 77.5 Å². The van der Waals surface area contributed by atoms with E-state index in [0.717, 1.165) is 31.2 Å². The summed E-state index contributed by atoms with van der Waals surface area (Å²) in [6, 6.07) is 8.66. The lowest BCUT2D eigenvalue weighted by atomic mass is 9.84. The van der Waals surface area contributed by atoms with Gasteiger partial charge in [-0.2, -0.15) is 0 Å². The molecule has 0 aromatic heterocycles. The number of hydrogen-bond donors (Lipinski definition) is 1. The van der Waals surface area contributed by atoms with Crippen LogP contribution in [0.15, 0.2) is 30.3 Å². The van der Waals surface area contributed by atoms with Gasteiger partial charge in [-0.05, 0) is 38.7 Å². The average molecular weight is 433 g/mol. The van der Waals surface area contributed by atoms with Crippen LogP contribution in [0.4, 0.5) is 4.79 Å². The van der Waals surface area contributed by atoms with Crippen LogP contribution in [-0.4, -0.2) is 48.1 Å². The van der Waals surface area contributed by atoms with E-state index < -0.39 is 23.7 Å². The lowest BCUT2D eigenvalue weighted by molar-refractivity contribution is -0.145. The molecule has 1 fully saturated rings. The van der Waals surface area contributed by atoms with Crippen LogP contribution in [0.5, 0.6) is 0 Å². The zero-order chi connectivity index (χ0) is 22.9. The summed E-state index contributed by atoms with van der Waals surface area (Å²) in [6.45, 7) is 5.28. The number of amides is 2. The van der Waals surface area contributed by atoms with Crippen LogP contribution in [-0.2, 0) is 25.7 Å². The van der Waals surface area contributed by atoms with Gasteiger partial charge >= 0.3 is 12.1 Å². The summed E-state index contributed by atoms with van der Waals surface area (Å²) in [5, 5.41) is 2.64. The summed E-state index contributed by atoms with van der Waals surface area (Å²) in [4.78, 5) is 38.9. The highest BCUT2D eigenvalue weighted by Crippen LogP contribution is 2.29. The Kier molecular flexibility index (Phi) is 9.34. The molecule has 0 spiro atoms. The van der Waals surface area contributed by atoms with Crippen molar-refractivity contribution in [1.29, 1.82) is 0 Å². The number of hydrogen-bond acceptors (Lipinski definition) is 5. The van der Waals surface area contributed by atoms with Crippen molar-refractivity contribution < 1.29 is 23.9 Å². The highest BCUT2D eigenvalue weighted by atomic mass is 16.6. The van der Waals surface area contributed by atoms with Crippen molar-refractivity contribution >= 4 is 18.0 Å². The molecular weight excluding hydrogens is 396 g/mol. The quantitative estimate of drug-likeness (QED) is 0.627. The van der Waals surface area contributed by atoms with Crippen molar-refractivity contribution in [3.63, 3.8) is 0 Å². The largest absolute Gasteiger partial charge is 0.460 e. The van der Waals surface area contributed by atoms with E-state index in [1.54, 1.807) is 27.8 Å². The highest BCUT2D eigenvalue weighted by Gasteiger charge is 2.33. The molecule has 0 bridgehead atoms. The monoisotopic (exact) mass is 432 g/mol. The molecule has 31 heavy (non-hydrogen) atoms. The van der Waals surface area contributed by atoms with Gasteiger partial charge in [0.1, 0.15) is 24.8 Å². The second-order valence-corrected chi connectivity index (χ2v) is 9.21. The van der Waals surface area contributed by atoms with Crippen molar-refractivity contribution in [2.24, 2.45) is 5.92 Å². The standard InChI is InChI=1S/C24H36N2O5/c1-24(2,3)31-23(29)26(4)20(15-18-11-7-5-8-12-18)22(28)25-16-21(27)30-17-19-13-9-6-10-14-19/h6,9-10,13-14,18,20H,5,7-8,11-12,15-17H2,1-4H3,(H,25,28)/t20-/m0/s1. The van der Waals surface area contributed by atoms with E-state index in [1.807, 2.05) is 30.3 Å². The van der Waals surface area contributed by atoms with E-state index in [4.69, 9.17) is 9.47 Å². The Morgan fingerprint density at radius 3 is 2.35 bits per heavy atom. The van der Waals surface area contributed by atoms with E-state index in [-0.39, 0.29) is 19.1 Å². The molecule has 1 aromatic rings. The Labute approximate surface area is 185 Å². The topological polar surface area (TPSA) is 84.9 Å².